The zero-order valence-corrected chi connectivity index (χ0v) is 18.6. The largest absolute Gasteiger partial charge is 0.488 e. The van der Waals surface area contributed by atoms with Crippen molar-refractivity contribution in [1.82, 2.24) is 25.5 Å². The van der Waals surface area contributed by atoms with Gasteiger partial charge in [-0.15, -0.1) is 17.5 Å². The van der Waals surface area contributed by atoms with Gasteiger partial charge in [-0.2, -0.15) is 0 Å². The number of aryl methyl sites for hydroxylation is 1. The average Bonchev–Trinajstić information content (AvgIpc) is 3.18. The molecule has 1 N–H and O–H groups in total. The first-order chi connectivity index (χ1) is 14.7. The SMILES string of the molecule is Cl.Cn1nnnc1SCCNCc1c(OCc2ccccc2F)ccc2ccccc12. The van der Waals surface area contributed by atoms with Gasteiger partial charge in [-0.1, -0.05) is 60.3 Å². The summed E-state index contributed by atoms with van der Waals surface area (Å²) in [4.78, 5) is 0. The molecule has 9 heteroatoms. The molecule has 0 radical (unpaired) electrons. The van der Waals surface area contributed by atoms with Gasteiger partial charge in [0, 0.05) is 37.0 Å². The molecule has 0 aliphatic carbocycles. The zero-order chi connectivity index (χ0) is 20.8. The lowest BCUT2D eigenvalue weighted by Crippen LogP contribution is -2.18. The lowest BCUT2D eigenvalue weighted by molar-refractivity contribution is 0.296. The van der Waals surface area contributed by atoms with Gasteiger partial charge in [0.05, 0.1) is 0 Å². The summed E-state index contributed by atoms with van der Waals surface area (Å²) >= 11 is 1.60. The number of aromatic nitrogens is 4. The van der Waals surface area contributed by atoms with Gasteiger partial charge in [-0.25, -0.2) is 9.07 Å². The summed E-state index contributed by atoms with van der Waals surface area (Å²) in [7, 11) is 1.82. The van der Waals surface area contributed by atoms with E-state index in [0.29, 0.717) is 12.1 Å². The van der Waals surface area contributed by atoms with Crippen LogP contribution >= 0.6 is 24.2 Å². The highest BCUT2D eigenvalue weighted by Gasteiger charge is 2.10. The molecule has 3 aromatic carbocycles. The van der Waals surface area contributed by atoms with Gasteiger partial charge < -0.3 is 10.1 Å². The average molecular weight is 460 g/mol. The molecule has 0 saturated heterocycles. The maximum absolute atomic E-state index is 14.0. The fraction of sp³-hybridized carbons (Fsp3) is 0.227. The summed E-state index contributed by atoms with van der Waals surface area (Å²) in [6.07, 6.45) is 0. The third-order valence-corrected chi connectivity index (χ3v) is 5.74. The number of tetrazole rings is 1. The number of benzene rings is 3. The molecule has 1 heterocycles. The van der Waals surface area contributed by atoms with E-state index >= 15 is 0 Å². The lowest BCUT2D eigenvalue weighted by atomic mass is 10.0. The Labute approximate surface area is 190 Å². The first-order valence-corrected chi connectivity index (χ1v) is 10.6. The number of fused-ring (bicyclic) bond motifs is 1. The monoisotopic (exact) mass is 459 g/mol. The van der Waals surface area contributed by atoms with Crippen LogP contribution in [-0.4, -0.2) is 32.5 Å². The number of hydrogen-bond donors (Lipinski definition) is 1. The van der Waals surface area contributed by atoms with E-state index in [1.807, 2.05) is 37.4 Å². The number of ether oxygens (including phenoxy) is 1. The molecule has 0 aliphatic heterocycles. The van der Waals surface area contributed by atoms with Crippen LogP contribution in [0.2, 0.25) is 0 Å². The maximum Gasteiger partial charge on any atom is 0.209 e. The Bertz CT molecular complexity index is 1140. The summed E-state index contributed by atoms with van der Waals surface area (Å²) in [6.45, 7) is 1.62. The zero-order valence-electron chi connectivity index (χ0n) is 17.0. The van der Waals surface area contributed by atoms with Crippen molar-refractivity contribution < 1.29 is 9.13 Å². The molecule has 31 heavy (non-hydrogen) atoms. The number of nitrogens with one attached hydrogen (secondary N) is 1. The van der Waals surface area contributed by atoms with Crippen molar-refractivity contribution in [2.24, 2.45) is 7.05 Å². The van der Waals surface area contributed by atoms with Crippen LogP contribution in [0, 0.1) is 5.82 Å². The maximum atomic E-state index is 14.0. The van der Waals surface area contributed by atoms with Gasteiger partial charge >= 0.3 is 0 Å². The summed E-state index contributed by atoms with van der Waals surface area (Å²) in [5.74, 6) is 1.34. The molecule has 1 aromatic heterocycles. The molecular formula is C22H23ClFN5OS. The molecule has 0 bridgehead atoms. The fourth-order valence-electron chi connectivity index (χ4n) is 3.18. The van der Waals surface area contributed by atoms with Crippen molar-refractivity contribution in [1.29, 1.82) is 0 Å². The first kappa shape index (κ1) is 23.0. The lowest BCUT2D eigenvalue weighted by Gasteiger charge is -2.15. The number of nitrogens with zero attached hydrogens (tertiary/aromatic N) is 4. The van der Waals surface area contributed by atoms with Gasteiger partial charge in [0.25, 0.3) is 0 Å². The van der Waals surface area contributed by atoms with Crippen LogP contribution in [0.25, 0.3) is 10.8 Å². The summed E-state index contributed by atoms with van der Waals surface area (Å²) < 4.78 is 21.7. The van der Waals surface area contributed by atoms with Crippen molar-refractivity contribution in [2.75, 3.05) is 12.3 Å². The van der Waals surface area contributed by atoms with E-state index in [4.69, 9.17) is 4.74 Å². The van der Waals surface area contributed by atoms with Crippen LogP contribution in [0.1, 0.15) is 11.1 Å². The molecule has 0 unspecified atom stereocenters. The summed E-state index contributed by atoms with van der Waals surface area (Å²) in [6, 6.07) is 18.9. The topological polar surface area (TPSA) is 64.9 Å². The second-order valence-electron chi connectivity index (χ2n) is 6.75. The minimum absolute atomic E-state index is 0. The number of halogens is 2. The quantitative estimate of drug-likeness (QED) is 0.296. The van der Waals surface area contributed by atoms with Crippen LogP contribution in [0.5, 0.6) is 5.75 Å². The van der Waals surface area contributed by atoms with Crippen molar-refractivity contribution in [3.8, 4) is 5.75 Å². The molecular weight excluding hydrogens is 437 g/mol. The van der Waals surface area contributed by atoms with E-state index in [1.54, 1.807) is 28.6 Å². The Kier molecular flexibility index (Phi) is 8.22. The first-order valence-electron chi connectivity index (χ1n) is 9.65. The molecule has 0 amide bonds. The van der Waals surface area contributed by atoms with E-state index in [9.17, 15) is 4.39 Å². The standard InChI is InChI=1S/C22H22FN5OS.ClH/c1-28-22(25-26-27-28)30-13-12-24-14-19-18-8-4-2-6-16(18)10-11-21(19)29-15-17-7-3-5-9-20(17)23;/h2-11,24H,12-15H2,1H3;1H. The Morgan fingerprint density at radius 2 is 1.87 bits per heavy atom. The van der Waals surface area contributed by atoms with E-state index in [1.165, 1.54) is 6.07 Å². The third-order valence-electron chi connectivity index (χ3n) is 4.73. The highest BCUT2D eigenvalue weighted by Crippen LogP contribution is 2.29. The summed E-state index contributed by atoms with van der Waals surface area (Å²) in [5.41, 5.74) is 1.60. The Balaban J connectivity index is 0.00000272. The van der Waals surface area contributed by atoms with Crippen LogP contribution in [-0.2, 0) is 20.2 Å². The van der Waals surface area contributed by atoms with Crippen molar-refractivity contribution in [2.45, 2.75) is 18.3 Å². The van der Waals surface area contributed by atoms with Crippen molar-refractivity contribution >= 4 is 34.9 Å². The van der Waals surface area contributed by atoms with Crippen LogP contribution in [0.3, 0.4) is 0 Å². The molecule has 0 atom stereocenters. The van der Waals surface area contributed by atoms with Gasteiger partial charge in [0.15, 0.2) is 0 Å². The molecule has 6 nitrogen and oxygen atoms in total. The van der Waals surface area contributed by atoms with Gasteiger partial charge in [0.1, 0.15) is 18.2 Å². The molecule has 162 valence electrons. The predicted molar refractivity (Wildman–Crippen MR) is 123 cm³/mol. The molecule has 4 aromatic rings. The van der Waals surface area contributed by atoms with Crippen molar-refractivity contribution in [3.05, 3.63) is 77.6 Å². The second kappa shape index (κ2) is 11.1. The second-order valence-corrected chi connectivity index (χ2v) is 7.82. The molecule has 4 rings (SSSR count). The van der Waals surface area contributed by atoms with Crippen LogP contribution in [0.15, 0.2) is 65.8 Å². The van der Waals surface area contributed by atoms with Crippen molar-refractivity contribution in [3.63, 3.8) is 0 Å². The van der Waals surface area contributed by atoms with Gasteiger partial charge in [-0.3, -0.25) is 0 Å². The highest BCUT2D eigenvalue weighted by atomic mass is 35.5. The number of hydrogen-bond acceptors (Lipinski definition) is 6. The Morgan fingerprint density at radius 1 is 1.06 bits per heavy atom. The minimum atomic E-state index is -0.256. The Hall–Kier alpha value is -2.68. The van der Waals surface area contributed by atoms with E-state index in [0.717, 1.165) is 39.5 Å². The van der Waals surface area contributed by atoms with Crippen LogP contribution < -0.4 is 10.1 Å². The van der Waals surface area contributed by atoms with Gasteiger partial charge in [-0.05, 0) is 33.3 Å². The third kappa shape index (κ3) is 5.72. The fourth-order valence-corrected chi connectivity index (χ4v) is 3.92. The van der Waals surface area contributed by atoms with E-state index in [-0.39, 0.29) is 24.8 Å². The molecule has 0 spiro atoms. The molecule has 0 aliphatic rings. The smallest absolute Gasteiger partial charge is 0.209 e. The van der Waals surface area contributed by atoms with Gasteiger partial charge in [0.2, 0.25) is 5.16 Å². The molecule has 0 saturated carbocycles. The number of thioether (sulfide) groups is 1. The molecule has 0 fully saturated rings. The van der Waals surface area contributed by atoms with E-state index in [2.05, 4.69) is 33.0 Å². The predicted octanol–water partition coefficient (Wildman–Crippen LogP) is 4.39. The minimum Gasteiger partial charge on any atom is -0.488 e. The Morgan fingerprint density at radius 3 is 2.68 bits per heavy atom. The van der Waals surface area contributed by atoms with Crippen LogP contribution in [0.4, 0.5) is 4.39 Å². The normalized spacial score (nSPS) is 10.8. The summed E-state index contributed by atoms with van der Waals surface area (Å²) in [5, 5.41) is 18.0. The number of rotatable bonds is 9. The highest BCUT2D eigenvalue weighted by molar-refractivity contribution is 7.99. The van der Waals surface area contributed by atoms with E-state index < -0.39 is 0 Å².